The zero-order chi connectivity index (χ0) is 11.4. The number of carbonyl (C=O) groups excluding carboxylic acids is 1. The summed E-state index contributed by atoms with van der Waals surface area (Å²) in [6.07, 6.45) is 2.31. The number of nitrogens with zero attached hydrogens (tertiary/aromatic N) is 1. The Morgan fingerprint density at radius 1 is 1.12 bits per heavy atom. The molecule has 0 aliphatic heterocycles. The Balaban J connectivity index is 2.34. The van der Waals surface area contributed by atoms with Crippen molar-refractivity contribution in [2.24, 2.45) is 0 Å². The molecule has 2 aromatic rings. The molecule has 4 heteroatoms. The van der Waals surface area contributed by atoms with Crippen LogP contribution < -0.4 is 4.74 Å². The van der Waals surface area contributed by atoms with E-state index in [1.165, 1.54) is 0 Å². The number of halogens is 1. The van der Waals surface area contributed by atoms with E-state index in [1.54, 1.807) is 42.6 Å². The molecular formula is C12H8ClNO2. The quantitative estimate of drug-likeness (QED) is 0.603. The first-order valence-electron chi connectivity index (χ1n) is 4.64. The van der Waals surface area contributed by atoms with Gasteiger partial charge in [-0.25, -0.2) is 4.98 Å². The third-order valence-electron chi connectivity index (χ3n) is 1.99. The normalized spacial score (nSPS) is 9.81. The van der Waals surface area contributed by atoms with Crippen LogP contribution >= 0.6 is 11.6 Å². The van der Waals surface area contributed by atoms with Crippen LogP contribution in [0.1, 0.15) is 10.4 Å². The van der Waals surface area contributed by atoms with Crippen molar-refractivity contribution in [1.29, 1.82) is 0 Å². The minimum absolute atomic E-state index is 0.267. The van der Waals surface area contributed by atoms with Crippen LogP contribution in [0.3, 0.4) is 0 Å². The lowest BCUT2D eigenvalue weighted by Gasteiger charge is -2.07. The molecule has 0 saturated carbocycles. The highest BCUT2D eigenvalue weighted by atomic mass is 35.5. The van der Waals surface area contributed by atoms with Gasteiger partial charge in [0.2, 0.25) is 0 Å². The van der Waals surface area contributed by atoms with Crippen molar-refractivity contribution in [2.75, 3.05) is 0 Å². The Labute approximate surface area is 97.7 Å². The molecule has 0 saturated heterocycles. The third kappa shape index (κ3) is 2.20. The molecule has 0 unspecified atom stereocenters. The third-order valence-corrected chi connectivity index (χ3v) is 2.27. The smallest absolute Gasteiger partial charge is 0.171 e. The maximum Gasteiger partial charge on any atom is 0.171 e. The van der Waals surface area contributed by atoms with E-state index < -0.39 is 0 Å². The largest absolute Gasteiger partial charge is 0.453 e. The van der Waals surface area contributed by atoms with E-state index >= 15 is 0 Å². The lowest BCUT2D eigenvalue weighted by Crippen LogP contribution is -1.91. The standard InChI is InChI=1S/C12H8ClNO2/c13-12-11(6-3-7-14-12)16-10-5-2-1-4-9(10)8-15/h1-8H. The topological polar surface area (TPSA) is 39.2 Å². The maximum atomic E-state index is 10.8. The molecule has 1 aromatic carbocycles. The van der Waals surface area contributed by atoms with Crippen LogP contribution in [0.15, 0.2) is 42.6 Å². The molecule has 0 amide bonds. The van der Waals surface area contributed by atoms with Crippen LogP contribution in [0.4, 0.5) is 0 Å². The monoisotopic (exact) mass is 233 g/mol. The lowest BCUT2D eigenvalue weighted by molar-refractivity contribution is 0.112. The minimum Gasteiger partial charge on any atom is -0.453 e. The van der Waals surface area contributed by atoms with Crippen LogP contribution in [0.2, 0.25) is 5.15 Å². The molecule has 2 rings (SSSR count). The number of aromatic nitrogens is 1. The summed E-state index contributed by atoms with van der Waals surface area (Å²) < 4.78 is 5.51. The molecule has 0 aliphatic rings. The zero-order valence-corrected chi connectivity index (χ0v) is 9.02. The summed E-state index contributed by atoms with van der Waals surface area (Å²) in [6, 6.07) is 10.3. The number of hydrogen-bond acceptors (Lipinski definition) is 3. The van der Waals surface area contributed by atoms with Crippen molar-refractivity contribution >= 4 is 17.9 Å². The average molecular weight is 234 g/mol. The van der Waals surface area contributed by atoms with Gasteiger partial charge in [-0.2, -0.15) is 0 Å². The van der Waals surface area contributed by atoms with Gasteiger partial charge in [-0.1, -0.05) is 23.7 Å². The van der Waals surface area contributed by atoms with E-state index in [4.69, 9.17) is 16.3 Å². The number of rotatable bonds is 3. The number of aldehydes is 1. The highest BCUT2D eigenvalue weighted by molar-refractivity contribution is 6.30. The predicted octanol–water partition coefficient (Wildman–Crippen LogP) is 3.34. The summed E-state index contributed by atoms with van der Waals surface area (Å²) >= 11 is 5.85. The van der Waals surface area contributed by atoms with E-state index in [0.29, 0.717) is 17.1 Å². The summed E-state index contributed by atoms with van der Waals surface area (Å²) in [4.78, 5) is 14.7. The van der Waals surface area contributed by atoms with Crippen LogP contribution in [0, 0.1) is 0 Å². The van der Waals surface area contributed by atoms with Crippen molar-refractivity contribution in [3.63, 3.8) is 0 Å². The average Bonchev–Trinajstić information content (AvgIpc) is 2.33. The number of ether oxygens (including phenoxy) is 1. The number of carbonyl (C=O) groups is 1. The van der Waals surface area contributed by atoms with Crippen molar-refractivity contribution in [3.8, 4) is 11.5 Å². The second-order valence-electron chi connectivity index (χ2n) is 3.05. The first kappa shape index (κ1) is 10.6. The van der Waals surface area contributed by atoms with E-state index in [9.17, 15) is 4.79 Å². The van der Waals surface area contributed by atoms with Gasteiger partial charge in [-0.05, 0) is 24.3 Å². The molecule has 0 N–H and O–H groups in total. The molecule has 0 bridgehead atoms. The highest BCUT2D eigenvalue weighted by Crippen LogP contribution is 2.28. The van der Waals surface area contributed by atoms with Gasteiger partial charge in [0.25, 0.3) is 0 Å². The Bertz CT molecular complexity index is 514. The number of pyridine rings is 1. The van der Waals surface area contributed by atoms with Crippen LogP contribution in [-0.2, 0) is 0 Å². The van der Waals surface area contributed by atoms with E-state index in [0.717, 1.165) is 6.29 Å². The lowest BCUT2D eigenvalue weighted by atomic mass is 10.2. The van der Waals surface area contributed by atoms with E-state index in [2.05, 4.69) is 4.98 Å². The Morgan fingerprint density at radius 2 is 1.88 bits per heavy atom. The van der Waals surface area contributed by atoms with Crippen LogP contribution in [0.25, 0.3) is 0 Å². The molecule has 0 fully saturated rings. The number of hydrogen-bond donors (Lipinski definition) is 0. The summed E-state index contributed by atoms with van der Waals surface area (Å²) in [5.74, 6) is 0.894. The van der Waals surface area contributed by atoms with Crippen molar-refractivity contribution in [1.82, 2.24) is 4.98 Å². The highest BCUT2D eigenvalue weighted by Gasteiger charge is 2.06. The number of para-hydroxylation sites is 1. The van der Waals surface area contributed by atoms with Gasteiger partial charge in [0, 0.05) is 6.20 Å². The Morgan fingerprint density at radius 3 is 2.62 bits per heavy atom. The van der Waals surface area contributed by atoms with Gasteiger partial charge in [-0.15, -0.1) is 0 Å². The molecule has 0 aliphatic carbocycles. The van der Waals surface area contributed by atoms with Crippen molar-refractivity contribution < 1.29 is 9.53 Å². The Hall–Kier alpha value is -1.87. The fourth-order valence-electron chi connectivity index (χ4n) is 1.24. The summed E-state index contributed by atoms with van der Waals surface area (Å²) in [5, 5.41) is 0.267. The molecular weight excluding hydrogens is 226 g/mol. The molecule has 1 heterocycles. The Kier molecular flexibility index (Phi) is 3.17. The molecule has 0 atom stereocenters. The van der Waals surface area contributed by atoms with Gasteiger partial charge in [0.15, 0.2) is 17.2 Å². The number of benzene rings is 1. The predicted molar refractivity (Wildman–Crippen MR) is 61.2 cm³/mol. The first-order chi connectivity index (χ1) is 7.81. The van der Waals surface area contributed by atoms with E-state index in [-0.39, 0.29) is 5.15 Å². The summed E-state index contributed by atoms with van der Waals surface area (Å²) in [5.41, 5.74) is 0.474. The van der Waals surface area contributed by atoms with Gasteiger partial charge in [0.1, 0.15) is 5.75 Å². The zero-order valence-electron chi connectivity index (χ0n) is 8.26. The van der Waals surface area contributed by atoms with Gasteiger partial charge in [0.05, 0.1) is 5.56 Å². The fourth-order valence-corrected chi connectivity index (χ4v) is 1.39. The fraction of sp³-hybridized carbons (Fsp3) is 0. The maximum absolute atomic E-state index is 10.8. The molecule has 3 nitrogen and oxygen atoms in total. The summed E-state index contributed by atoms with van der Waals surface area (Å²) in [6.45, 7) is 0. The van der Waals surface area contributed by atoms with Crippen LogP contribution in [0.5, 0.6) is 11.5 Å². The first-order valence-corrected chi connectivity index (χ1v) is 5.01. The van der Waals surface area contributed by atoms with Crippen molar-refractivity contribution in [2.45, 2.75) is 0 Å². The second-order valence-corrected chi connectivity index (χ2v) is 3.41. The van der Waals surface area contributed by atoms with Crippen LogP contribution in [-0.4, -0.2) is 11.3 Å². The summed E-state index contributed by atoms with van der Waals surface area (Å²) in [7, 11) is 0. The molecule has 0 radical (unpaired) electrons. The SMILES string of the molecule is O=Cc1ccccc1Oc1cccnc1Cl. The van der Waals surface area contributed by atoms with Gasteiger partial charge >= 0.3 is 0 Å². The molecule has 0 spiro atoms. The molecule has 16 heavy (non-hydrogen) atoms. The molecule has 1 aromatic heterocycles. The van der Waals surface area contributed by atoms with E-state index in [1.807, 2.05) is 0 Å². The minimum atomic E-state index is 0.267. The molecule has 80 valence electrons. The van der Waals surface area contributed by atoms with Gasteiger partial charge in [-0.3, -0.25) is 4.79 Å². The van der Waals surface area contributed by atoms with Crippen molar-refractivity contribution in [3.05, 3.63) is 53.3 Å². The van der Waals surface area contributed by atoms with Gasteiger partial charge < -0.3 is 4.74 Å². The second kappa shape index (κ2) is 4.77.